The minimum atomic E-state index is -0.245. The van der Waals surface area contributed by atoms with Gasteiger partial charge in [0.1, 0.15) is 0 Å². The molecule has 0 aromatic carbocycles. The van der Waals surface area contributed by atoms with Crippen LogP contribution in [0.15, 0.2) is 37.2 Å². The predicted molar refractivity (Wildman–Crippen MR) is 68.5 cm³/mol. The summed E-state index contributed by atoms with van der Waals surface area (Å²) in [6.45, 7) is 7.90. The van der Waals surface area contributed by atoms with Crippen LogP contribution in [0.5, 0.6) is 0 Å². The van der Waals surface area contributed by atoms with E-state index < -0.39 is 0 Å². The summed E-state index contributed by atoms with van der Waals surface area (Å²) in [5, 5.41) is 5.97. The summed E-state index contributed by atoms with van der Waals surface area (Å²) >= 11 is 0. The summed E-state index contributed by atoms with van der Waals surface area (Å²) in [6.07, 6.45) is 5.19. The van der Waals surface area contributed by atoms with Gasteiger partial charge < -0.3 is 5.32 Å². The van der Waals surface area contributed by atoms with Crippen LogP contribution in [0.2, 0.25) is 0 Å². The summed E-state index contributed by atoms with van der Waals surface area (Å²) in [4.78, 5) is 15.7. The quantitative estimate of drug-likeness (QED) is 0.731. The molecule has 0 saturated heterocycles. The average Bonchev–Trinajstić information content (AvgIpc) is 2.36. The fourth-order valence-electron chi connectivity index (χ4n) is 1.50. The number of carbonyl (C=O) groups is 1. The third-order valence-corrected chi connectivity index (χ3v) is 2.50. The molecule has 0 saturated carbocycles. The molecule has 17 heavy (non-hydrogen) atoms. The fourth-order valence-corrected chi connectivity index (χ4v) is 1.50. The molecule has 4 heteroatoms. The van der Waals surface area contributed by atoms with E-state index in [9.17, 15) is 4.79 Å². The lowest BCUT2D eigenvalue weighted by molar-refractivity contribution is -0.122. The third-order valence-electron chi connectivity index (χ3n) is 2.50. The van der Waals surface area contributed by atoms with Crippen molar-refractivity contribution in [2.45, 2.75) is 25.9 Å². The van der Waals surface area contributed by atoms with Crippen molar-refractivity contribution in [2.24, 2.45) is 0 Å². The zero-order valence-corrected chi connectivity index (χ0v) is 10.3. The Labute approximate surface area is 102 Å². The van der Waals surface area contributed by atoms with Crippen molar-refractivity contribution >= 4 is 5.91 Å². The normalized spacial score (nSPS) is 13.8. The molecule has 0 aliphatic carbocycles. The SMILES string of the molecule is C=CCNC(=O)C(C)NC(C)c1cccnc1. The van der Waals surface area contributed by atoms with Crippen LogP contribution in [-0.4, -0.2) is 23.5 Å². The minimum absolute atomic E-state index is 0.0272. The zero-order valence-electron chi connectivity index (χ0n) is 10.3. The number of pyridine rings is 1. The molecule has 0 bridgehead atoms. The van der Waals surface area contributed by atoms with E-state index in [-0.39, 0.29) is 18.0 Å². The van der Waals surface area contributed by atoms with E-state index in [0.29, 0.717) is 6.54 Å². The summed E-state index contributed by atoms with van der Waals surface area (Å²) in [7, 11) is 0. The molecule has 4 nitrogen and oxygen atoms in total. The Balaban J connectivity index is 2.48. The summed E-state index contributed by atoms with van der Waals surface area (Å²) in [6, 6.07) is 3.72. The lowest BCUT2D eigenvalue weighted by Crippen LogP contribution is -2.43. The molecule has 0 aliphatic rings. The van der Waals surface area contributed by atoms with E-state index in [1.54, 1.807) is 18.5 Å². The van der Waals surface area contributed by atoms with Crippen molar-refractivity contribution < 1.29 is 4.79 Å². The van der Waals surface area contributed by atoms with Crippen molar-refractivity contribution in [1.82, 2.24) is 15.6 Å². The van der Waals surface area contributed by atoms with Crippen LogP contribution in [0.1, 0.15) is 25.5 Å². The number of carbonyl (C=O) groups excluding carboxylic acids is 1. The molecule has 1 amide bonds. The van der Waals surface area contributed by atoms with Crippen LogP contribution < -0.4 is 10.6 Å². The van der Waals surface area contributed by atoms with Gasteiger partial charge in [0.2, 0.25) is 5.91 Å². The first-order valence-corrected chi connectivity index (χ1v) is 5.69. The van der Waals surface area contributed by atoms with Crippen molar-refractivity contribution in [3.8, 4) is 0 Å². The van der Waals surface area contributed by atoms with Gasteiger partial charge in [-0.2, -0.15) is 0 Å². The predicted octanol–water partition coefficient (Wildman–Crippen LogP) is 1.42. The molecule has 0 fully saturated rings. The highest BCUT2D eigenvalue weighted by Crippen LogP contribution is 2.10. The van der Waals surface area contributed by atoms with Gasteiger partial charge in [-0.25, -0.2) is 0 Å². The Morgan fingerprint density at radius 3 is 2.94 bits per heavy atom. The largest absolute Gasteiger partial charge is 0.351 e. The topological polar surface area (TPSA) is 54.0 Å². The van der Waals surface area contributed by atoms with Gasteiger partial charge in [0.15, 0.2) is 0 Å². The Hall–Kier alpha value is -1.68. The number of amides is 1. The Morgan fingerprint density at radius 2 is 2.35 bits per heavy atom. The number of aromatic nitrogens is 1. The second-order valence-corrected chi connectivity index (χ2v) is 3.93. The molecule has 1 rings (SSSR count). The van der Waals surface area contributed by atoms with Gasteiger partial charge in [0.25, 0.3) is 0 Å². The van der Waals surface area contributed by atoms with Gasteiger partial charge in [-0.1, -0.05) is 12.1 Å². The molecule has 1 aromatic rings. The maximum Gasteiger partial charge on any atom is 0.237 e. The first-order chi connectivity index (χ1) is 8.15. The second-order valence-electron chi connectivity index (χ2n) is 3.93. The highest BCUT2D eigenvalue weighted by molar-refractivity contribution is 5.81. The number of hydrogen-bond acceptors (Lipinski definition) is 3. The number of nitrogens with zero attached hydrogens (tertiary/aromatic N) is 1. The van der Waals surface area contributed by atoms with E-state index >= 15 is 0 Å². The van der Waals surface area contributed by atoms with Gasteiger partial charge in [-0.05, 0) is 25.5 Å². The van der Waals surface area contributed by atoms with Crippen LogP contribution in [-0.2, 0) is 4.79 Å². The van der Waals surface area contributed by atoms with E-state index in [1.165, 1.54) is 0 Å². The lowest BCUT2D eigenvalue weighted by Gasteiger charge is -2.19. The second kappa shape index (κ2) is 6.81. The van der Waals surface area contributed by atoms with Crippen molar-refractivity contribution in [2.75, 3.05) is 6.54 Å². The third kappa shape index (κ3) is 4.36. The summed E-state index contributed by atoms with van der Waals surface area (Å²) < 4.78 is 0. The number of nitrogens with one attached hydrogen (secondary N) is 2. The van der Waals surface area contributed by atoms with Crippen LogP contribution in [0.4, 0.5) is 0 Å². The molecule has 92 valence electrons. The monoisotopic (exact) mass is 233 g/mol. The van der Waals surface area contributed by atoms with Gasteiger partial charge >= 0.3 is 0 Å². The Bertz CT molecular complexity index is 364. The van der Waals surface area contributed by atoms with Crippen LogP contribution in [0, 0.1) is 0 Å². The Kier molecular flexibility index (Phi) is 5.36. The molecule has 1 heterocycles. The summed E-state index contributed by atoms with van der Waals surface area (Å²) in [5.41, 5.74) is 1.07. The zero-order chi connectivity index (χ0) is 12.7. The molecule has 0 spiro atoms. The standard InChI is InChI=1S/C13H19N3O/c1-4-7-15-13(17)11(3)16-10(2)12-6-5-8-14-9-12/h4-6,8-11,16H,1,7H2,2-3H3,(H,15,17). The maximum atomic E-state index is 11.6. The average molecular weight is 233 g/mol. The van der Waals surface area contributed by atoms with E-state index in [4.69, 9.17) is 0 Å². The molecule has 2 unspecified atom stereocenters. The highest BCUT2D eigenvalue weighted by atomic mass is 16.2. The Morgan fingerprint density at radius 1 is 1.59 bits per heavy atom. The van der Waals surface area contributed by atoms with Crippen molar-refractivity contribution in [3.05, 3.63) is 42.7 Å². The molecule has 2 atom stereocenters. The number of hydrogen-bond donors (Lipinski definition) is 2. The van der Waals surface area contributed by atoms with Gasteiger partial charge in [0, 0.05) is 25.0 Å². The van der Waals surface area contributed by atoms with Crippen molar-refractivity contribution in [1.29, 1.82) is 0 Å². The smallest absolute Gasteiger partial charge is 0.237 e. The first kappa shape index (κ1) is 13.4. The molecule has 2 N–H and O–H groups in total. The van der Waals surface area contributed by atoms with Crippen molar-refractivity contribution in [3.63, 3.8) is 0 Å². The highest BCUT2D eigenvalue weighted by Gasteiger charge is 2.15. The fraction of sp³-hybridized carbons (Fsp3) is 0.385. The van der Waals surface area contributed by atoms with Gasteiger partial charge in [-0.15, -0.1) is 6.58 Å². The molecule has 0 radical (unpaired) electrons. The maximum absolute atomic E-state index is 11.6. The molecular weight excluding hydrogens is 214 g/mol. The molecule has 1 aromatic heterocycles. The lowest BCUT2D eigenvalue weighted by atomic mass is 10.1. The van der Waals surface area contributed by atoms with E-state index in [1.807, 2.05) is 26.0 Å². The van der Waals surface area contributed by atoms with E-state index in [2.05, 4.69) is 22.2 Å². The van der Waals surface area contributed by atoms with Crippen LogP contribution in [0.3, 0.4) is 0 Å². The van der Waals surface area contributed by atoms with E-state index in [0.717, 1.165) is 5.56 Å². The molecular formula is C13H19N3O. The van der Waals surface area contributed by atoms with Gasteiger partial charge in [0.05, 0.1) is 6.04 Å². The first-order valence-electron chi connectivity index (χ1n) is 5.69. The van der Waals surface area contributed by atoms with Crippen LogP contribution >= 0.6 is 0 Å². The molecule has 0 aliphatic heterocycles. The summed E-state index contributed by atoms with van der Waals surface area (Å²) in [5.74, 6) is -0.0272. The van der Waals surface area contributed by atoms with Crippen LogP contribution in [0.25, 0.3) is 0 Å². The van der Waals surface area contributed by atoms with Gasteiger partial charge in [-0.3, -0.25) is 15.1 Å². The minimum Gasteiger partial charge on any atom is -0.351 e. The number of rotatable bonds is 6.